The van der Waals surface area contributed by atoms with Crippen LogP contribution in [-0.4, -0.2) is 16.6 Å². The molecule has 1 amide bonds. The van der Waals surface area contributed by atoms with Gasteiger partial charge in [-0.05, 0) is 13.3 Å². The maximum atomic E-state index is 10.9. The molecule has 1 heterocycles. The van der Waals surface area contributed by atoms with Crippen LogP contribution < -0.4 is 0 Å². The number of carbonyl (C=O) groups excluding carboxylic acids is 1. The van der Waals surface area contributed by atoms with E-state index in [9.17, 15) is 4.79 Å². The summed E-state index contributed by atoms with van der Waals surface area (Å²) < 4.78 is 0. The highest BCUT2D eigenvalue weighted by Gasteiger charge is 2.14. The Morgan fingerprint density at radius 3 is 2.90 bits per heavy atom. The quantitative estimate of drug-likeness (QED) is 0.534. The smallest absolute Gasteiger partial charge is 0.247 e. The Kier molecular flexibility index (Phi) is 1.85. The molecule has 0 radical (unpaired) electrons. The SMILES string of the molecule is C=CN1N=C(C)CCC1=O. The molecule has 54 valence electrons. The largest absolute Gasteiger partial charge is 0.273 e. The van der Waals surface area contributed by atoms with Crippen LogP contribution in [0.3, 0.4) is 0 Å². The summed E-state index contributed by atoms with van der Waals surface area (Å²) in [5.41, 5.74) is 0.986. The van der Waals surface area contributed by atoms with Gasteiger partial charge in [0.15, 0.2) is 0 Å². The van der Waals surface area contributed by atoms with Gasteiger partial charge in [-0.15, -0.1) is 0 Å². The van der Waals surface area contributed by atoms with E-state index in [-0.39, 0.29) is 5.91 Å². The van der Waals surface area contributed by atoms with E-state index >= 15 is 0 Å². The number of amides is 1. The number of hydrogen-bond acceptors (Lipinski definition) is 2. The first kappa shape index (κ1) is 6.99. The standard InChI is InChI=1S/C7H10N2O/c1-3-9-7(10)5-4-6(2)8-9/h3H,1,4-5H2,2H3. The van der Waals surface area contributed by atoms with Crippen molar-refractivity contribution >= 4 is 11.6 Å². The molecule has 3 heteroatoms. The van der Waals surface area contributed by atoms with E-state index < -0.39 is 0 Å². The van der Waals surface area contributed by atoms with E-state index in [4.69, 9.17) is 0 Å². The zero-order chi connectivity index (χ0) is 7.56. The first-order chi connectivity index (χ1) is 4.74. The van der Waals surface area contributed by atoms with Crippen LogP contribution in [0.2, 0.25) is 0 Å². The highest BCUT2D eigenvalue weighted by atomic mass is 16.2. The van der Waals surface area contributed by atoms with Crippen molar-refractivity contribution < 1.29 is 4.79 Å². The summed E-state index contributed by atoms with van der Waals surface area (Å²) in [5.74, 6) is 0.0283. The van der Waals surface area contributed by atoms with E-state index in [1.807, 2.05) is 6.92 Å². The van der Waals surface area contributed by atoms with Crippen molar-refractivity contribution in [1.82, 2.24) is 5.01 Å². The summed E-state index contributed by atoms with van der Waals surface area (Å²) in [6.07, 6.45) is 2.77. The van der Waals surface area contributed by atoms with E-state index in [0.717, 1.165) is 12.1 Å². The van der Waals surface area contributed by atoms with Gasteiger partial charge in [0.2, 0.25) is 5.91 Å². The van der Waals surface area contributed by atoms with Crippen molar-refractivity contribution in [2.24, 2.45) is 5.10 Å². The first-order valence-corrected chi connectivity index (χ1v) is 3.22. The molecular formula is C7H10N2O. The average Bonchev–Trinajstić information content (AvgIpc) is 1.94. The number of hydrogen-bond donors (Lipinski definition) is 0. The normalized spacial score (nSPS) is 18.7. The molecule has 0 unspecified atom stereocenters. The van der Waals surface area contributed by atoms with Crippen LogP contribution in [0.5, 0.6) is 0 Å². The molecule has 0 N–H and O–H groups in total. The number of rotatable bonds is 1. The Hall–Kier alpha value is -1.12. The molecular weight excluding hydrogens is 128 g/mol. The first-order valence-electron chi connectivity index (χ1n) is 3.22. The molecule has 0 atom stereocenters. The Bertz CT molecular complexity index is 196. The van der Waals surface area contributed by atoms with Crippen LogP contribution in [0.1, 0.15) is 19.8 Å². The lowest BCUT2D eigenvalue weighted by Crippen LogP contribution is -2.25. The third-order valence-corrected chi connectivity index (χ3v) is 1.41. The summed E-state index contributed by atoms with van der Waals surface area (Å²) in [6.45, 7) is 5.37. The summed E-state index contributed by atoms with van der Waals surface area (Å²) in [7, 11) is 0. The maximum absolute atomic E-state index is 10.9. The third-order valence-electron chi connectivity index (χ3n) is 1.41. The zero-order valence-electron chi connectivity index (χ0n) is 6.00. The molecule has 0 aliphatic carbocycles. The maximum Gasteiger partial charge on any atom is 0.247 e. The average molecular weight is 138 g/mol. The summed E-state index contributed by atoms with van der Waals surface area (Å²) >= 11 is 0. The van der Waals surface area contributed by atoms with Crippen LogP contribution >= 0.6 is 0 Å². The van der Waals surface area contributed by atoms with E-state index in [1.54, 1.807) is 0 Å². The second-order valence-corrected chi connectivity index (χ2v) is 2.26. The lowest BCUT2D eigenvalue weighted by molar-refractivity contribution is -0.129. The lowest BCUT2D eigenvalue weighted by Gasteiger charge is -2.17. The molecule has 3 nitrogen and oxygen atoms in total. The van der Waals surface area contributed by atoms with Crippen LogP contribution in [-0.2, 0) is 4.79 Å². The second kappa shape index (κ2) is 2.64. The molecule has 0 spiro atoms. The van der Waals surface area contributed by atoms with Crippen molar-refractivity contribution in [3.8, 4) is 0 Å². The van der Waals surface area contributed by atoms with Crippen LogP contribution in [0, 0.1) is 0 Å². The molecule has 0 saturated carbocycles. The van der Waals surface area contributed by atoms with Crippen LogP contribution in [0.4, 0.5) is 0 Å². The van der Waals surface area contributed by atoms with Crippen molar-refractivity contribution in [1.29, 1.82) is 0 Å². The van der Waals surface area contributed by atoms with Crippen molar-refractivity contribution in [2.45, 2.75) is 19.8 Å². The lowest BCUT2D eigenvalue weighted by atomic mass is 10.2. The van der Waals surface area contributed by atoms with Gasteiger partial charge in [-0.1, -0.05) is 6.58 Å². The number of hydrazone groups is 1. The van der Waals surface area contributed by atoms with Gasteiger partial charge in [-0.25, -0.2) is 5.01 Å². The molecule has 0 fully saturated rings. The highest BCUT2D eigenvalue weighted by Crippen LogP contribution is 2.07. The van der Waals surface area contributed by atoms with Crippen molar-refractivity contribution in [2.75, 3.05) is 0 Å². The fourth-order valence-corrected chi connectivity index (χ4v) is 0.835. The summed E-state index contributed by atoms with van der Waals surface area (Å²) in [5, 5.41) is 5.25. The van der Waals surface area contributed by atoms with Gasteiger partial charge in [0.1, 0.15) is 0 Å². The molecule has 1 aliphatic heterocycles. The van der Waals surface area contributed by atoms with E-state index in [0.29, 0.717) is 6.42 Å². The molecule has 10 heavy (non-hydrogen) atoms. The van der Waals surface area contributed by atoms with Gasteiger partial charge >= 0.3 is 0 Å². The summed E-state index contributed by atoms with van der Waals surface area (Å²) in [4.78, 5) is 10.9. The van der Waals surface area contributed by atoms with E-state index in [2.05, 4.69) is 11.7 Å². The molecule has 0 aromatic rings. The highest BCUT2D eigenvalue weighted by molar-refractivity contribution is 5.91. The Morgan fingerprint density at radius 2 is 2.40 bits per heavy atom. The minimum Gasteiger partial charge on any atom is -0.273 e. The van der Waals surface area contributed by atoms with Crippen LogP contribution in [0.15, 0.2) is 17.9 Å². The molecule has 1 aliphatic rings. The molecule has 0 saturated heterocycles. The van der Waals surface area contributed by atoms with Gasteiger partial charge in [0, 0.05) is 18.3 Å². The van der Waals surface area contributed by atoms with Gasteiger partial charge < -0.3 is 0 Å². The van der Waals surface area contributed by atoms with Crippen molar-refractivity contribution in [3.05, 3.63) is 12.8 Å². The van der Waals surface area contributed by atoms with Crippen LogP contribution in [0.25, 0.3) is 0 Å². The zero-order valence-corrected chi connectivity index (χ0v) is 6.00. The Morgan fingerprint density at radius 1 is 1.70 bits per heavy atom. The molecule has 0 aromatic heterocycles. The number of carbonyl (C=O) groups is 1. The molecule has 0 aromatic carbocycles. The van der Waals surface area contributed by atoms with Gasteiger partial charge in [0.05, 0.1) is 0 Å². The van der Waals surface area contributed by atoms with Gasteiger partial charge in [-0.3, -0.25) is 4.79 Å². The Balaban J connectivity index is 2.77. The Labute approximate surface area is 60.0 Å². The van der Waals surface area contributed by atoms with Gasteiger partial charge in [0.25, 0.3) is 0 Å². The minimum absolute atomic E-state index is 0.0283. The third kappa shape index (κ3) is 1.23. The van der Waals surface area contributed by atoms with E-state index in [1.165, 1.54) is 11.2 Å². The number of nitrogens with zero attached hydrogens (tertiary/aromatic N) is 2. The summed E-state index contributed by atoms with van der Waals surface area (Å²) in [6, 6.07) is 0. The molecule has 0 bridgehead atoms. The monoisotopic (exact) mass is 138 g/mol. The minimum atomic E-state index is 0.0283. The van der Waals surface area contributed by atoms with Gasteiger partial charge in [-0.2, -0.15) is 5.10 Å². The second-order valence-electron chi connectivity index (χ2n) is 2.26. The molecule has 1 rings (SSSR count). The fourth-order valence-electron chi connectivity index (χ4n) is 0.835. The predicted molar refractivity (Wildman–Crippen MR) is 39.4 cm³/mol. The van der Waals surface area contributed by atoms with Crippen molar-refractivity contribution in [3.63, 3.8) is 0 Å². The predicted octanol–water partition coefficient (Wildman–Crippen LogP) is 1.13. The fraction of sp³-hybridized carbons (Fsp3) is 0.429. The topological polar surface area (TPSA) is 32.7 Å².